The summed E-state index contributed by atoms with van der Waals surface area (Å²) < 4.78 is 0. The highest BCUT2D eigenvalue weighted by Gasteiger charge is 2.42. The zero-order valence-electron chi connectivity index (χ0n) is 11.7. The quantitative estimate of drug-likeness (QED) is 0.836. The Kier molecular flexibility index (Phi) is 3.84. The molecule has 2 aliphatic carbocycles. The molecular formula is C14H22N2O3S. The molecule has 2 amide bonds. The first-order chi connectivity index (χ1) is 9.56. The molecule has 2 N–H and O–H groups in total. The van der Waals surface area contributed by atoms with E-state index in [4.69, 9.17) is 0 Å². The maximum absolute atomic E-state index is 12.3. The predicted molar refractivity (Wildman–Crippen MR) is 77.5 cm³/mol. The lowest BCUT2D eigenvalue weighted by Crippen LogP contribution is -2.50. The van der Waals surface area contributed by atoms with E-state index < -0.39 is 12.0 Å². The van der Waals surface area contributed by atoms with Crippen LogP contribution in [0.4, 0.5) is 4.79 Å². The molecule has 2 saturated carbocycles. The number of carbonyl (C=O) groups is 2. The van der Waals surface area contributed by atoms with Crippen molar-refractivity contribution in [3.63, 3.8) is 0 Å². The Bertz CT molecular complexity index is 417. The van der Waals surface area contributed by atoms with Crippen molar-refractivity contribution in [1.29, 1.82) is 0 Å². The van der Waals surface area contributed by atoms with Gasteiger partial charge in [-0.1, -0.05) is 6.42 Å². The van der Waals surface area contributed by atoms with Crippen LogP contribution in [0.3, 0.4) is 0 Å². The highest BCUT2D eigenvalue weighted by atomic mass is 32.2. The molecule has 1 saturated heterocycles. The molecule has 5 unspecified atom stereocenters. The molecule has 3 fully saturated rings. The monoisotopic (exact) mass is 298 g/mol. The van der Waals surface area contributed by atoms with Gasteiger partial charge < -0.3 is 10.4 Å². The fourth-order valence-electron chi connectivity index (χ4n) is 4.08. The van der Waals surface area contributed by atoms with Gasteiger partial charge in [-0.2, -0.15) is 0 Å². The summed E-state index contributed by atoms with van der Waals surface area (Å²) in [4.78, 5) is 24.9. The van der Waals surface area contributed by atoms with E-state index in [1.807, 2.05) is 6.92 Å². The van der Waals surface area contributed by atoms with E-state index in [2.05, 4.69) is 5.32 Å². The second-order valence-corrected chi connectivity index (χ2v) is 7.66. The summed E-state index contributed by atoms with van der Waals surface area (Å²) in [5.41, 5.74) is 0. The maximum Gasteiger partial charge on any atom is 0.327 e. The third-order valence-corrected chi connectivity index (χ3v) is 6.36. The molecule has 3 rings (SSSR count). The Morgan fingerprint density at radius 3 is 2.75 bits per heavy atom. The Morgan fingerprint density at radius 2 is 2.15 bits per heavy atom. The first-order valence-corrected chi connectivity index (χ1v) is 8.51. The molecule has 1 heterocycles. The fourth-order valence-corrected chi connectivity index (χ4v) is 5.24. The van der Waals surface area contributed by atoms with E-state index in [0.717, 1.165) is 11.8 Å². The zero-order chi connectivity index (χ0) is 14.3. The summed E-state index contributed by atoms with van der Waals surface area (Å²) in [6, 6.07) is -0.896. The van der Waals surface area contributed by atoms with Gasteiger partial charge in [0.1, 0.15) is 6.04 Å². The second kappa shape index (κ2) is 5.47. The molecule has 0 spiro atoms. The molecule has 0 aromatic rings. The number of nitrogens with one attached hydrogen (secondary N) is 1. The Morgan fingerprint density at radius 1 is 1.35 bits per heavy atom. The number of aliphatic carboxylic acids is 1. The molecule has 6 heteroatoms. The largest absolute Gasteiger partial charge is 0.480 e. The molecule has 0 aromatic carbocycles. The van der Waals surface area contributed by atoms with Crippen LogP contribution in [0.15, 0.2) is 0 Å². The van der Waals surface area contributed by atoms with Crippen molar-refractivity contribution in [3.05, 3.63) is 0 Å². The van der Waals surface area contributed by atoms with Crippen molar-refractivity contribution in [2.75, 3.05) is 12.3 Å². The number of carbonyl (C=O) groups excluding carboxylic acids is 1. The fraction of sp³-hybridized carbons (Fsp3) is 0.857. The van der Waals surface area contributed by atoms with E-state index in [9.17, 15) is 14.7 Å². The highest BCUT2D eigenvalue weighted by molar-refractivity contribution is 8.00. The number of carboxylic acid groups (broad SMARTS) is 1. The summed E-state index contributed by atoms with van der Waals surface area (Å²) >= 11 is 1.52. The van der Waals surface area contributed by atoms with Gasteiger partial charge in [-0.05, 0) is 43.9 Å². The van der Waals surface area contributed by atoms with Crippen LogP contribution >= 0.6 is 11.8 Å². The molecule has 0 aromatic heterocycles. The van der Waals surface area contributed by atoms with Gasteiger partial charge in [-0.15, -0.1) is 11.8 Å². The van der Waals surface area contributed by atoms with E-state index in [1.54, 1.807) is 0 Å². The molecule has 0 radical (unpaired) electrons. The van der Waals surface area contributed by atoms with Crippen LogP contribution in [0.25, 0.3) is 0 Å². The van der Waals surface area contributed by atoms with E-state index in [0.29, 0.717) is 18.2 Å². The Labute approximate surface area is 123 Å². The smallest absolute Gasteiger partial charge is 0.327 e. The van der Waals surface area contributed by atoms with Gasteiger partial charge >= 0.3 is 12.0 Å². The van der Waals surface area contributed by atoms with Crippen LogP contribution in [0.1, 0.15) is 32.6 Å². The number of hydrogen-bond donors (Lipinski definition) is 2. The molecule has 5 nitrogen and oxygen atoms in total. The third-order valence-electron chi connectivity index (χ3n) is 5.14. The van der Waals surface area contributed by atoms with E-state index >= 15 is 0 Å². The first kappa shape index (κ1) is 14.0. The van der Waals surface area contributed by atoms with Crippen LogP contribution in [0.2, 0.25) is 0 Å². The van der Waals surface area contributed by atoms with Crippen molar-refractivity contribution in [1.82, 2.24) is 10.2 Å². The van der Waals surface area contributed by atoms with Crippen molar-refractivity contribution in [2.45, 2.75) is 44.0 Å². The van der Waals surface area contributed by atoms with Gasteiger partial charge in [0, 0.05) is 12.3 Å². The van der Waals surface area contributed by atoms with Gasteiger partial charge in [-0.3, -0.25) is 4.90 Å². The molecule has 112 valence electrons. The number of nitrogens with zero attached hydrogens (tertiary/aromatic N) is 1. The number of amides is 2. The first-order valence-electron chi connectivity index (χ1n) is 7.47. The van der Waals surface area contributed by atoms with Crippen molar-refractivity contribution >= 4 is 23.8 Å². The van der Waals surface area contributed by atoms with Crippen LogP contribution in [-0.4, -0.2) is 45.7 Å². The lowest BCUT2D eigenvalue weighted by Gasteiger charge is -2.27. The van der Waals surface area contributed by atoms with Crippen LogP contribution in [0.5, 0.6) is 0 Å². The summed E-state index contributed by atoms with van der Waals surface area (Å²) in [5, 5.41) is 12.1. The van der Waals surface area contributed by atoms with Crippen LogP contribution in [0, 0.1) is 17.8 Å². The number of fused-ring (bicyclic) bond motifs is 2. The zero-order valence-corrected chi connectivity index (χ0v) is 12.6. The number of rotatable bonds is 3. The summed E-state index contributed by atoms with van der Waals surface area (Å²) in [6.45, 7) is 2.60. The normalized spacial score (nSPS) is 39.2. The standard InChI is InChI=1S/C14H22N2O3S/c1-8-16(12(7-20-8)13(17)18)14(19)15-6-11-5-9-2-3-10(11)4-9/h8-12H,2-7H2,1H3,(H,15,19)(H,17,18). The maximum atomic E-state index is 12.3. The molecule has 2 bridgehead atoms. The SMILES string of the molecule is CC1SCC(C(=O)O)N1C(=O)NCC1CC2CCC1C2. The minimum Gasteiger partial charge on any atom is -0.480 e. The van der Waals surface area contributed by atoms with Crippen molar-refractivity contribution in [2.24, 2.45) is 17.8 Å². The lowest BCUT2D eigenvalue weighted by molar-refractivity contribution is -0.141. The molecule has 3 aliphatic rings. The van der Waals surface area contributed by atoms with Gasteiger partial charge in [0.25, 0.3) is 0 Å². The molecular weight excluding hydrogens is 276 g/mol. The average Bonchev–Trinajstić information content (AvgIpc) is 3.10. The van der Waals surface area contributed by atoms with E-state index in [1.165, 1.54) is 42.3 Å². The van der Waals surface area contributed by atoms with Crippen molar-refractivity contribution < 1.29 is 14.7 Å². The number of carboxylic acids is 1. The second-order valence-electron chi connectivity index (χ2n) is 6.31. The van der Waals surface area contributed by atoms with Gasteiger partial charge in [0.2, 0.25) is 0 Å². The number of thioether (sulfide) groups is 1. The predicted octanol–water partition coefficient (Wildman–Crippen LogP) is 1.98. The van der Waals surface area contributed by atoms with Crippen LogP contribution < -0.4 is 5.32 Å². The Hall–Kier alpha value is -0.910. The van der Waals surface area contributed by atoms with E-state index in [-0.39, 0.29) is 11.4 Å². The number of hydrogen-bond acceptors (Lipinski definition) is 3. The highest BCUT2D eigenvalue weighted by Crippen LogP contribution is 2.47. The molecule has 1 aliphatic heterocycles. The topological polar surface area (TPSA) is 69.6 Å². The van der Waals surface area contributed by atoms with Crippen LogP contribution in [-0.2, 0) is 4.79 Å². The minimum absolute atomic E-state index is 0.0591. The molecule has 20 heavy (non-hydrogen) atoms. The van der Waals surface area contributed by atoms with Gasteiger partial charge in [-0.25, -0.2) is 9.59 Å². The van der Waals surface area contributed by atoms with Crippen molar-refractivity contribution in [3.8, 4) is 0 Å². The third kappa shape index (κ3) is 2.50. The average molecular weight is 298 g/mol. The number of urea groups is 1. The van der Waals surface area contributed by atoms with Gasteiger partial charge in [0.15, 0.2) is 0 Å². The Balaban J connectivity index is 1.54. The minimum atomic E-state index is -0.906. The molecule has 5 atom stereocenters. The summed E-state index contributed by atoms with van der Waals surface area (Å²) in [5.74, 6) is 1.83. The van der Waals surface area contributed by atoms with Gasteiger partial charge in [0.05, 0.1) is 5.37 Å². The lowest BCUT2D eigenvalue weighted by atomic mass is 9.89. The summed E-state index contributed by atoms with van der Waals surface area (Å²) in [6.07, 6.45) is 5.22. The summed E-state index contributed by atoms with van der Waals surface area (Å²) in [7, 11) is 0.